The molecular weight excluding hydrogens is 350 g/mol. The minimum Gasteiger partial charge on any atom is -0.508 e. The Labute approximate surface area is 157 Å². The topological polar surface area (TPSA) is 98.6 Å². The molecule has 0 unspecified atom stereocenters. The van der Waals surface area contributed by atoms with Gasteiger partial charge in [0.15, 0.2) is 5.96 Å². The maximum Gasteiger partial charge on any atom is 0.251 e. The van der Waals surface area contributed by atoms with E-state index in [9.17, 15) is 9.90 Å². The van der Waals surface area contributed by atoms with Crippen molar-refractivity contribution in [2.75, 3.05) is 19.6 Å². The third kappa shape index (κ3) is 6.03. The number of aromatic nitrogens is 1. The summed E-state index contributed by atoms with van der Waals surface area (Å²) in [5, 5.41) is 19.4. The van der Waals surface area contributed by atoms with Crippen LogP contribution in [0, 0.1) is 13.8 Å². The number of nitrogens with zero attached hydrogens (tertiary/aromatic N) is 2. The van der Waals surface area contributed by atoms with Gasteiger partial charge in [-0.3, -0.25) is 4.79 Å². The molecule has 7 nitrogen and oxygen atoms in total. The molecule has 0 aliphatic rings. The maximum atomic E-state index is 12.0. The molecule has 8 heteroatoms. The van der Waals surface area contributed by atoms with Crippen molar-refractivity contribution in [2.24, 2.45) is 4.99 Å². The Kier molecular flexibility index (Phi) is 7.40. The fourth-order valence-corrected chi connectivity index (χ4v) is 3.03. The number of hydrogen-bond donors (Lipinski definition) is 4. The van der Waals surface area contributed by atoms with E-state index in [-0.39, 0.29) is 11.7 Å². The summed E-state index contributed by atoms with van der Waals surface area (Å²) < 4.78 is 0. The molecule has 26 heavy (non-hydrogen) atoms. The van der Waals surface area contributed by atoms with Crippen LogP contribution in [-0.2, 0) is 6.54 Å². The van der Waals surface area contributed by atoms with Crippen molar-refractivity contribution < 1.29 is 9.90 Å². The van der Waals surface area contributed by atoms with Gasteiger partial charge in [-0.2, -0.15) is 0 Å². The standard InChI is InChI=1S/C18H25N5O2S/c1-4-19-18(22-11-16-23-12(2)13(3)26-16)21-10-9-20-17(25)14-5-7-15(24)8-6-14/h5-8,24H,4,9-11H2,1-3H3,(H,20,25)(H2,19,21,22). The lowest BCUT2D eigenvalue weighted by atomic mass is 10.2. The molecule has 1 aromatic carbocycles. The molecular formula is C18H25N5O2S. The molecule has 0 radical (unpaired) electrons. The van der Waals surface area contributed by atoms with Crippen molar-refractivity contribution in [1.82, 2.24) is 20.9 Å². The van der Waals surface area contributed by atoms with Crippen LogP contribution in [-0.4, -0.2) is 41.6 Å². The predicted octanol–water partition coefficient (Wildman–Crippen LogP) is 1.95. The number of thiazole rings is 1. The third-order valence-corrected chi connectivity index (χ3v) is 4.68. The molecule has 0 saturated carbocycles. The van der Waals surface area contributed by atoms with Gasteiger partial charge in [0.1, 0.15) is 10.8 Å². The van der Waals surface area contributed by atoms with Crippen LogP contribution in [0.1, 0.15) is 32.9 Å². The van der Waals surface area contributed by atoms with Crippen LogP contribution in [0.2, 0.25) is 0 Å². The minimum atomic E-state index is -0.178. The summed E-state index contributed by atoms with van der Waals surface area (Å²) in [5.41, 5.74) is 1.56. The molecule has 4 N–H and O–H groups in total. The molecule has 2 aromatic rings. The molecule has 0 aliphatic heterocycles. The summed E-state index contributed by atoms with van der Waals surface area (Å²) >= 11 is 1.66. The average Bonchev–Trinajstić information content (AvgIpc) is 2.94. The Morgan fingerprint density at radius 1 is 1.15 bits per heavy atom. The molecule has 2 rings (SSSR count). The zero-order valence-corrected chi connectivity index (χ0v) is 16.1. The number of rotatable bonds is 7. The normalized spacial score (nSPS) is 11.3. The van der Waals surface area contributed by atoms with Crippen LogP contribution in [0.3, 0.4) is 0 Å². The average molecular weight is 375 g/mol. The van der Waals surface area contributed by atoms with Gasteiger partial charge in [0.2, 0.25) is 0 Å². The molecule has 140 valence electrons. The Bertz CT molecular complexity index is 736. The van der Waals surface area contributed by atoms with Gasteiger partial charge in [0, 0.05) is 30.1 Å². The Morgan fingerprint density at radius 3 is 2.46 bits per heavy atom. The molecule has 0 fully saturated rings. The lowest BCUT2D eigenvalue weighted by molar-refractivity contribution is 0.0954. The van der Waals surface area contributed by atoms with Gasteiger partial charge >= 0.3 is 0 Å². The highest BCUT2D eigenvalue weighted by atomic mass is 32.1. The first-order valence-electron chi connectivity index (χ1n) is 8.52. The van der Waals surface area contributed by atoms with Crippen molar-refractivity contribution >= 4 is 23.2 Å². The number of aryl methyl sites for hydroxylation is 2. The number of hydrogen-bond acceptors (Lipinski definition) is 5. The second-order valence-electron chi connectivity index (χ2n) is 5.67. The van der Waals surface area contributed by atoms with E-state index in [0.717, 1.165) is 17.2 Å². The highest BCUT2D eigenvalue weighted by Gasteiger charge is 2.06. The zero-order chi connectivity index (χ0) is 18.9. The smallest absolute Gasteiger partial charge is 0.251 e. The van der Waals surface area contributed by atoms with Crippen molar-refractivity contribution in [3.8, 4) is 5.75 Å². The fraction of sp³-hybridized carbons (Fsp3) is 0.389. The maximum absolute atomic E-state index is 12.0. The number of aliphatic imine (C=N–C) groups is 1. The highest BCUT2D eigenvalue weighted by Crippen LogP contribution is 2.16. The van der Waals surface area contributed by atoms with Crippen LogP contribution < -0.4 is 16.0 Å². The quantitative estimate of drug-likeness (QED) is 0.337. The van der Waals surface area contributed by atoms with Crippen molar-refractivity contribution in [3.63, 3.8) is 0 Å². The van der Waals surface area contributed by atoms with Crippen LogP contribution in [0.25, 0.3) is 0 Å². The van der Waals surface area contributed by atoms with Gasteiger partial charge in [-0.15, -0.1) is 11.3 Å². The van der Waals surface area contributed by atoms with Gasteiger partial charge in [-0.05, 0) is 45.0 Å². The molecule has 1 heterocycles. The fourth-order valence-electron chi connectivity index (χ4n) is 2.17. The van der Waals surface area contributed by atoms with Crippen molar-refractivity contribution in [2.45, 2.75) is 27.3 Å². The van der Waals surface area contributed by atoms with Gasteiger partial charge in [0.05, 0.1) is 12.2 Å². The number of phenols is 1. The van der Waals surface area contributed by atoms with Crippen LogP contribution in [0.5, 0.6) is 5.75 Å². The van der Waals surface area contributed by atoms with Crippen molar-refractivity contribution in [1.29, 1.82) is 0 Å². The number of aromatic hydroxyl groups is 1. The van der Waals surface area contributed by atoms with E-state index in [0.29, 0.717) is 31.2 Å². The molecule has 0 atom stereocenters. The second-order valence-corrected chi connectivity index (χ2v) is 6.96. The Balaban J connectivity index is 1.79. The number of carbonyl (C=O) groups excluding carboxylic acids is 1. The van der Waals surface area contributed by atoms with Gasteiger partial charge in [0.25, 0.3) is 5.91 Å². The van der Waals surface area contributed by atoms with Gasteiger partial charge in [-0.25, -0.2) is 9.98 Å². The van der Waals surface area contributed by atoms with E-state index < -0.39 is 0 Å². The van der Waals surface area contributed by atoms with Crippen LogP contribution in [0.4, 0.5) is 0 Å². The number of benzene rings is 1. The monoisotopic (exact) mass is 375 g/mol. The summed E-state index contributed by atoms with van der Waals surface area (Å²) in [7, 11) is 0. The van der Waals surface area contributed by atoms with Crippen LogP contribution in [0.15, 0.2) is 29.3 Å². The molecule has 1 amide bonds. The lowest BCUT2D eigenvalue weighted by Crippen LogP contribution is -2.41. The number of nitrogens with one attached hydrogen (secondary N) is 3. The van der Waals surface area contributed by atoms with Crippen molar-refractivity contribution in [3.05, 3.63) is 45.4 Å². The SMILES string of the molecule is CCNC(=NCc1nc(C)c(C)s1)NCCNC(=O)c1ccc(O)cc1. The minimum absolute atomic E-state index is 0.139. The third-order valence-electron chi connectivity index (χ3n) is 3.62. The Hall–Kier alpha value is -2.61. The molecule has 1 aromatic heterocycles. The lowest BCUT2D eigenvalue weighted by Gasteiger charge is -2.11. The first-order chi connectivity index (χ1) is 12.5. The summed E-state index contributed by atoms with van der Waals surface area (Å²) in [6.45, 7) is 8.34. The molecule has 0 spiro atoms. The number of guanidine groups is 1. The van der Waals surface area contributed by atoms with E-state index >= 15 is 0 Å². The number of carbonyl (C=O) groups is 1. The Morgan fingerprint density at radius 2 is 1.85 bits per heavy atom. The second kappa shape index (κ2) is 9.76. The first-order valence-corrected chi connectivity index (χ1v) is 9.33. The summed E-state index contributed by atoms with van der Waals surface area (Å²) in [5.74, 6) is 0.652. The molecule has 0 aliphatic carbocycles. The largest absolute Gasteiger partial charge is 0.508 e. The zero-order valence-electron chi connectivity index (χ0n) is 15.3. The molecule has 0 bridgehead atoms. The number of amides is 1. The van der Waals surface area contributed by atoms with Gasteiger partial charge in [-0.1, -0.05) is 0 Å². The van der Waals surface area contributed by atoms with E-state index in [1.54, 1.807) is 23.5 Å². The summed E-state index contributed by atoms with van der Waals surface area (Å²) in [4.78, 5) is 22.2. The van der Waals surface area contributed by atoms with E-state index in [2.05, 4.69) is 32.9 Å². The summed E-state index contributed by atoms with van der Waals surface area (Å²) in [6, 6.07) is 6.15. The number of phenolic OH excluding ortho intramolecular Hbond substituents is 1. The predicted molar refractivity (Wildman–Crippen MR) is 105 cm³/mol. The van der Waals surface area contributed by atoms with E-state index in [1.807, 2.05) is 13.8 Å². The van der Waals surface area contributed by atoms with E-state index in [4.69, 9.17) is 0 Å². The first kappa shape index (κ1) is 19.7. The van der Waals surface area contributed by atoms with Gasteiger partial charge < -0.3 is 21.1 Å². The van der Waals surface area contributed by atoms with Crippen LogP contribution >= 0.6 is 11.3 Å². The highest BCUT2D eigenvalue weighted by molar-refractivity contribution is 7.11. The molecule has 0 saturated heterocycles. The van der Waals surface area contributed by atoms with E-state index in [1.165, 1.54) is 17.0 Å². The summed E-state index contributed by atoms with van der Waals surface area (Å²) in [6.07, 6.45) is 0.